The van der Waals surface area contributed by atoms with Crippen LogP contribution in [0.2, 0.25) is 0 Å². The number of benzene rings is 1. The van der Waals surface area contributed by atoms with Crippen molar-refractivity contribution in [3.05, 3.63) is 46.4 Å². The molecule has 0 amide bonds. The van der Waals surface area contributed by atoms with Gasteiger partial charge in [-0.15, -0.1) is 0 Å². The van der Waals surface area contributed by atoms with Crippen LogP contribution < -0.4 is 11.1 Å². The topological polar surface area (TPSA) is 55.9 Å². The van der Waals surface area contributed by atoms with Crippen molar-refractivity contribution in [3.63, 3.8) is 0 Å². The van der Waals surface area contributed by atoms with Gasteiger partial charge in [-0.05, 0) is 34.1 Å². The van der Waals surface area contributed by atoms with Gasteiger partial charge in [0.15, 0.2) is 5.82 Å². The Morgan fingerprint density at radius 3 is 2.95 bits per heavy atom. The average Bonchev–Trinajstić information content (AvgIpc) is 2.87. The first-order valence-electron chi connectivity index (χ1n) is 5.58. The van der Waals surface area contributed by atoms with E-state index < -0.39 is 5.82 Å². The summed E-state index contributed by atoms with van der Waals surface area (Å²) in [5, 5.41) is 7.07. The molecule has 0 aliphatic heterocycles. The summed E-state index contributed by atoms with van der Waals surface area (Å²) < 4.78 is 16.1. The smallest absolute Gasteiger partial charge is 0.161 e. The molecule has 1 aromatic heterocycles. The highest BCUT2D eigenvalue weighted by molar-refractivity contribution is 9.10. The van der Waals surface area contributed by atoms with Crippen LogP contribution in [0.3, 0.4) is 0 Å². The number of thiocarbonyl (C=S) groups is 1. The Morgan fingerprint density at radius 2 is 2.32 bits per heavy atom. The summed E-state index contributed by atoms with van der Waals surface area (Å²) >= 11 is 8.01. The molecule has 0 bridgehead atoms. The van der Waals surface area contributed by atoms with Crippen LogP contribution in [0.1, 0.15) is 5.56 Å². The van der Waals surface area contributed by atoms with Gasteiger partial charge in [0.05, 0.1) is 16.7 Å². The molecule has 0 atom stereocenters. The van der Waals surface area contributed by atoms with Crippen molar-refractivity contribution in [2.45, 2.75) is 6.54 Å². The predicted molar refractivity (Wildman–Crippen MR) is 80.7 cm³/mol. The van der Waals surface area contributed by atoms with Crippen molar-refractivity contribution in [1.82, 2.24) is 9.78 Å². The lowest BCUT2D eigenvalue weighted by atomic mass is 10.2. The standard InChI is InChI=1S/C12H12BrFN4S/c13-10-8(12(15)19)2-3-9(11(10)14)16-5-7-18-6-1-4-17-18/h1-4,6,16H,5,7H2,(H2,15,19). The zero-order valence-corrected chi connectivity index (χ0v) is 12.3. The van der Waals surface area contributed by atoms with Crippen molar-refractivity contribution in [2.24, 2.45) is 5.73 Å². The van der Waals surface area contributed by atoms with Gasteiger partial charge in [-0.3, -0.25) is 4.68 Å². The van der Waals surface area contributed by atoms with Gasteiger partial charge in [-0.2, -0.15) is 5.10 Å². The molecule has 100 valence electrons. The molecule has 0 spiro atoms. The lowest BCUT2D eigenvalue weighted by Crippen LogP contribution is -2.14. The van der Waals surface area contributed by atoms with E-state index in [1.165, 1.54) is 0 Å². The van der Waals surface area contributed by atoms with Crippen LogP contribution >= 0.6 is 28.1 Å². The van der Waals surface area contributed by atoms with Crippen LogP contribution in [-0.4, -0.2) is 21.3 Å². The van der Waals surface area contributed by atoms with E-state index in [2.05, 4.69) is 26.3 Å². The summed E-state index contributed by atoms with van der Waals surface area (Å²) in [7, 11) is 0. The fraction of sp³-hybridized carbons (Fsp3) is 0.167. The van der Waals surface area contributed by atoms with E-state index in [1.807, 2.05) is 12.3 Å². The molecular weight excluding hydrogens is 331 g/mol. The number of halogens is 2. The van der Waals surface area contributed by atoms with E-state index in [1.54, 1.807) is 23.0 Å². The second-order valence-corrected chi connectivity index (χ2v) is 5.08. The highest BCUT2D eigenvalue weighted by Crippen LogP contribution is 2.26. The van der Waals surface area contributed by atoms with E-state index in [0.717, 1.165) is 0 Å². The quantitative estimate of drug-likeness (QED) is 0.820. The normalized spacial score (nSPS) is 10.4. The number of nitrogens with one attached hydrogen (secondary N) is 1. The van der Waals surface area contributed by atoms with Gasteiger partial charge >= 0.3 is 0 Å². The van der Waals surface area contributed by atoms with Gasteiger partial charge in [0, 0.05) is 24.5 Å². The molecule has 0 radical (unpaired) electrons. The third-order valence-corrected chi connectivity index (χ3v) is 3.56. The summed E-state index contributed by atoms with van der Waals surface area (Å²) in [6.07, 6.45) is 3.55. The molecule has 7 heteroatoms. The molecule has 3 N–H and O–H groups in total. The number of anilines is 1. The maximum absolute atomic E-state index is 14.0. The van der Waals surface area contributed by atoms with E-state index in [0.29, 0.717) is 24.3 Å². The molecule has 2 aromatic rings. The summed E-state index contributed by atoms with van der Waals surface area (Å²) in [6.45, 7) is 1.22. The van der Waals surface area contributed by atoms with Crippen molar-refractivity contribution in [3.8, 4) is 0 Å². The second kappa shape index (κ2) is 6.12. The summed E-state index contributed by atoms with van der Waals surface area (Å²) in [6, 6.07) is 5.15. The first-order chi connectivity index (χ1) is 9.09. The van der Waals surface area contributed by atoms with Crippen LogP contribution in [0, 0.1) is 5.82 Å². The van der Waals surface area contributed by atoms with Crippen LogP contribution in [0.25, 0.3) is 0 Å². The Hall–Kier alpha value is -1.47. The summed E-state index contributed by atoms with van der Waals surface area (Å²) in [4.78, 5) is 0.161. The fourth-order valence-electron chi connectivity index (χ4n) is 1.61. The second-order valence-electron chi connectivity index (χ2n) is 3.85. The maximum Gasteiger partial charge on any atom is 0.161 e. The summed E-state index contributed by atoms with van der Waals surface area (Å²) in [5.41, 5.74) is 6.39. The van der Waals surface area contributed by atoms with Crippen molar-refractivity contribution in [2.75, 3.05) is 11.9 Å². The molecule has 0 aliphatic rings. The van der Waals surface area contributed by atoms with Crippen LogP contribution in [0.4, 0.5) is 10.1 Å². The average molecular weight is 343 g/mol. The van der Waals surface area contributed by atoms with Gasteiger partial charge in [-0.1, -0.05) is 12.2 Å². The number of rotatable bonds is 5. The minimum absolute atomic E-state index is 0.161. The Labute approximate surface area is 123 Å². The van der Waals surface area contributed by atoms with Gasteiger partial charge in [-0.25, -0.2) is 4.39 Å². The molecule has 0 aliphatic carbocycles. The first kappa shape index (κ1) is 14.0. The number of nitrogens with zero attached hydrogens (tertiary/aromatic N) is 2. The lowest BCUT2D eigenvalue weighted by molar-refractivity contribution is 0.613. The van der Waals surface area contributed by atoms with Gasteiger partial charge in [0.1, 0.15) is 4.99 Å². The summed E-state index contributed by atoms with van der Waals surface area (Å²) in [5.74, 6) is -0.397. The van der Waals surface area contributed by atoms with E-state index >= 15 is 0 Å². The Bertz CT molecular complexity index is 586. The van der Waals surface area contributed by atoms with Gasteiger partial charge in [0.25, 0.3) is 0 Å². The number of hydrogen-bond acceptors (Lipinski definition) is 3. The third kappa shape index (κ3) is 3.30. The number of hydrogen-bond donors (Lipinski definition) is 2. The Balaban J connectivity index is 2.05. The highest BCUT2D eigenvalue weighted by atomic mass is 79.9. The van der Waals surface area contributed by atoms with E-state index in [-0.39, 0.29) is 9.46 Å². The molecule has 1 aromatic carbocycles. The molecular formula is C12H12BrFN4S. The van der Waals surface area contributed by atoms with Crippen molar-refractivity contribution in [1.29, 1.82) is 0 Å². The lowest BCUT2D eigenvalue weighted by Gasteiger charge is -2.11. The Kier molecular flexibility index (Phi) is 4.49. The third-order valence-electron chi connectivity index (χ3n) is 2.56. The van der Waals surface area contributed by atoms with Crippen molar-refractivity contribution >= 4 is 38.8 Å². The molecule has 0 unspecified atom stereocenters. The van der Waals surface area contributed by atoms with Crippen LogP contribution in [-0.2, 0) is 6.54 Å². The zero-order chi connectivity index (χ0) is 13.8. The number of nitrogens with two attached hydrogens (primary N) is 1. The first-order valence-corrected chi connectivity index (χ1v) is 6.79. The minimum Gasteiger partial charge on any atom is -0.389 e. The molecule has 1 heterocycles. The number of aromatic nitrogens is 2. The molecule has 19 heavy (non-hydrogen) atoms. The van der Waals surface area contributed by atoms with E-state index in [9.17, 15) is 4.39 Å². The van der Waals surface area contributed by atoms with Gasteiger partial charge in [0.2, 0.25) is 0 Å². The van der Waals surface area contributed by atoms with Gasteiger partial charge < -0.3 is 11.1 Å². The largest absolute Gasteiger partial charge is 0.389 e. The molecule has 2 rings (SSSR count). The predicted octanol–water partition coefficient (Wildman–Crippen LogP) is 2.53. The van der Waals surface area contributed by atoms with Crippen LogP contribution in [0.15, 0.2) is 35.1 Å². The molecule has 0 saturated carbocycles. The minimum atomic E-state index is -0.397. The molecule has 0 saturated heterocycles. The van der Waals surface area contributed by atoms with Crippen LogP contribution in [0.5, 0.6) is 0 Å². The Morgan fingerprint density at radius 1 is 1.53 bits per heavy atom. The maximum atomic E-state index is 14.0. The highest BCUT2D eigenvalue weighted by Gasteiger charge is 2.12. The van der Waals surface area contributed by atoms with Crippen molar-refractivity contribution < 1.29 is 4.39 Å². The molecule has 4 nitrogen and oxygen atoms in total. The fourth-order valence-corrected chi connectivity index (χ4v) is 2.47. The monoisotopic (exact) mass is 342 g/mol. The molecule has 0 fully saturated rings. The zero-order valence-electron chi connectivity index (χ0n) is 9.94. The SMILES string of the molecule is NC(=S)c1ccc(NCCn2cccn2)c(F)c1Br. The van der Waals surface area contributed by atoms with E-state index in [4.69, 9.17) is 18.0 Å².